The van der Waals surface area contributed by atoms with Crippen molar-refractivity contribution in [1.82, 2.24) is 9.78 Å². The number of aromatic nitrogens is 2. The van der Waals surface area contributed by atoms with Crippen LogP contribution in [0.1, 0.15) is 24.2 Å². The monoisotopic (exact) mass is 305 g/mol. The van der Waals surface area contributed by atoms with Gasteiger partial charge in [-0.1, -0.05) is 23.7 Å². The summed E-state index contributed by atoms with van der Waals surface area (Å²) in [6, 6.07) is 7.64. The third-order valence-corrected chi connectivity index (χ3v) is 3.49. The van der Waals surface area contributed by atoms with Crippen molar-refractivity contribution in [3.05, 3.63) is 57.0 Å². The van der Waals surface area contributed by atoms with Crippen LogP contribution in [0, 0.1) is 13.8 Å². The van der Waals surface area contributed by atoms with E-state index in [4.69, 9.17) is 11.6 Å². The fraction of sp³-hybridized carbons (Fsp3) is 0.267. The molecule has 0 spiro atoms. The highest BCUT2D eigenvalue weighted by Crippen LogP contribution is 2.25. The normalized spacial score (nSPS) is 12.0. The van der Waals surface area contributed by atoms with E-state index in [9.17, 15) is 9.59 Å². The number of carbonyl (C=O) groups excluding carboxylic acids is 1. The van der Waals surface area contributed by atoms with Gasteiger partial charge in [0.05, 0.1) is 16.4 Å². The van der Waals surface area contributed by atoms with E-state index in [0.29, 0.717) is 16.4 Å². The largest absolute Gasteiger partial charge is 0.323 e. The lowest BCUT2D eigenvalue weighted by Gasteiger charge is -2.16. The summed E-state index contributed by atoms with van der Waals surface area (Å²) in [6.07, 6.45) is 0. The topological polar surface area (TPSA) is 64.0 Å². The van der Waals surface area contributed by atoms with Crippen molar-refractivity contribution in [3.8, 4) is 0 Å². The molecule has 6 heteroatoms. The Hall–Kier alpha value is -2.14. The molecule has 1 N–H and O–H groups in total. The number of rotatable bonds is 3. The molecule has 1 aromatic carbocycles. The highest BCUT2D eigenvalue weighted by atomic mass is 35.5. The first-order valence-electron chi connectivity index (χ1n) is 6.52. The van der Waals surface area contributed by atoms with Gasteiger partial charge in [-0.2, -0.15) is 5.10 Å². The van der Waals surface area contributed by atoms with Crippen LogP contribution >= 0.6 is 11.6 Å². The molecular weight excluding hydrogens is 290 g/mol. The Kier molecular flexibility index (Phi) is 4.43. The molecular formula is C15H16ClN3O2. The number of para-hydroxylation sites is 1. The lowest BCUT2D eigenvalue weighted by molar-refractivity contribution is -0.119. The highest BCUT2D eigenvalue weighted by Gasteiger charge is 2.19. The zero-order chi connectivity index (χ0) is 15.6. The standard InChI is InChI=1S/C15H16ClN3O2/c1-9-5-4-6-12(16)14(9)17-15(21)11(3)19-13(20)8-7-10(2)18-19/h4-8,11H,1-3H3,(H,17,21)/t11-/m1/s1. The minimum absolute atomic E-state index is 0.320. The predicted molar refractivity (Wildman–Crippen MR) is 82.8 cm³/mol. The number of aryl methyl sites for hydroxylation is 2. The molecule has 0 aliphatic rings. The lowest BCUT2D eigenvalue weighted by Crippen LogP contribution is -2.33. The first-order valence-corrected chi connectivity index (χ1v) is 6.90. The second kappa shape index (κ2) is 6.10. The summed E-state index contributed by atoms with van der Waals surface area (Å²) in [5, 5.41) is 7.30. The molecule has 0 aliphatic carbocycles. The molecule has 2 rings (SSSR count). The molecule has 0 saturated heterocycles. The van der Waals surface area contributed by atoms with Crippen molar-refractivity contribution in [3.63, 3.8) is 0 Å². The number of benzene rings is 1. The van der Waals surface area contributed by atoms with Crippen LogP contribution in [0.15, 0.2) is 35.1 Å². The number of amides is 1. The Labute approximate surface area is 127 Å². The van der Waals surface area contributed by atoms with Crippen LogP contribution < -0.4 is 10.9 Å². The third kappa shape index (κ3) is 3.31. The summed E-state index contributed by atoms with van der Waals surface area (Å²) in [4.78, 5) is 24.1. The summed E-state index contributed by atoms with van der Waals surface area (Å²) in [5.41, 5.74) is 1.76. The van der Waals surface area contributed by atoms with E-state index in [0.717, 1.165) is 10.2 Å². The molecule has 1 amide bonds. The highest BCUT2D eigenvalue weighted by molar-refractivity contribution is 6.33. The van der Waals surface area contributed by atoms with Gasteiger partial charge in [0.25, 0.3) is 5.56 Å². The predicted octanol–water partition coefficient (Wildman–Crippen LogP) is 2.71. The van der Waals surface area contributed by atoms with Gasteiger partial charge in [-0.15, -0.1) is 0 Å². The van der Waals surface area contributed by atoms with Crippen LogP contribution in [-0.2, 0) is 4.79 Å². The van der Waals surface area contributed by atoms with Crippen molar-refractivity contribution in [2.45, 2.75) is 26.8 Å². The number of carbonyl (C=O) groups is 1. The van der Waals surface area contributed by atoms with E-state index in [1.807, 2.05) is 19.1 Å². The maximum atomic E-state index is 12.3. The van der Waals surface area contributed by atoms with Gasteiger partial charge < -0.3 is 5.32 Å². The first-order chi connectivity index (χ1) is 9.90. The summed E-state index contributed by atoms with van der Waals surface area (Å²) in [5.74, 6) is -0.341. The average Bonchev–Trinajstić information content (AvgIpc) is 2.44. The van der Waals surface area contributed by atoms with Crippen molar-refractivity contribution in [1.29, 1.82) is 0 Å². The van der Waals surface area contributed by atoms with E-state index in [2.05, 4.69) is 10.4 Å². The number of nitrogens with zero attached hydrogens (tertiary/aromatic N) is 2. The molecule has 0 unspecified atom stereocenters. The van der Waals surface area contributed by atoms with E-state index in [1.54, 1.807) is 26.0 Å². The minimum atomic E-state index is -0.729. The molecule has 0 fully saturated rings. The Balaban J connectivity index is 2.28. The second-order valence-corrected chi connectivity index (χ2v) is 5.26. The van der Waals surface area contributed by atoms with Gasteiger partial charge in [-0.05, 0) is 38.5 Å². The Morgan fingerprint density at radius 2 is 2.00 bits per heavy atom. The van der Waals surface area contributed by atoms with Crippen LogP contribution in [-0.4, -0.2) is 15.7 Å². The van der Waals surface area contributed by atoms with Crippen LogP contribution in [0.25, 0.3) is 0 Å². The number of hydrogen-bond acceptors (Lipinski definition) is 3. The first kappa shape index (κ1) is 15.3. The molecule has 110 valence electrons. The molecule has 0 saturated carbocycles. The van der Waals surface area contributed by atoms with E-state index in [-0.39, 0.29) is 11.5 Å². The fourth-order valence-electron chi connectivity index (χ4n) is 1.93. The van der Waals surface area contributed by atoms with Gasteiger partial charge in [0, 0.05) is 6.07 Å². The van der Waals surface area contributed by atoms with E-state index in [1.165, 1.54) is 6.07 Å². The Morgan fingerprint density at radius 3 is 2.67 bits per heavy atom. The third-order valence-electron chi connectivity index (χ3n) is 3.17. The van der Waals surface area contributed by atoms with Crippen LogP contribution in [0.5, 0.6) is 0 Å². The number of halogens is 1. The summed E-state index contributed by atoms with van der Waals surface area (Å²) in [6.45, 7) is 5.23. The van der Waals surface area contributed by atoms with Crippen molar-refractivity contribution >= 4 is 23.2 Å². The van der Waals surface area contributed by atoms with Crippen molar-refractivity contribution in [2.24, 2.45) is 0 Å². The zero-order valence-corrected chi connectivity index (χ0v) is 12.8. The molecule has 5 nitrogen and oxygen atoms in total. The van der Waals surface area contributed by atoms with Crippen LogP contribution in [0.2, 0.25) is 5.02 Å². The van der Waals surface area contributed by atoms with Gasteiger partial charge in [-0.25, -0.2) is 4.68 Å². The number of hydrogen-bond donors (Lipinski definition) is 1. The Bertz CT molecular complexity index is 720. The summed E-state index contributed by atoms with van der Waals surface area (Å²) >= 11 is 6.08. The zero-order valence-electron chi connectivity index (χ0n) is 12.1. The van der Waals surface area contributed by atoms with Crippen molar-refractivity contribution in [2.75, 3.05) is 5.32 Å². The smallest absolute Gasteiger partial charge is 0.267 e. The second-order valence-electron chi connectivity index (χ2n) is 4.85. The fourth-order valence-corrected chi connectivity index (χ4v) is 2.20. The van der Waals surface area contributed by atoms with Gasteiger partial charge in [0.1, 0.15) is 6.04 Å². The molecule has 21 heavy (non-hydrogen) atoms. The minimum Gasteiger partial charge on any atom is -0.323 e. The maximum absolute atomic E-state index is 12.3. The quantitative estimate of drug-likeness (QED) is 0.948. The molecule has 1 aromatic heterocycles. The molecule has 2 aromatic rings. The van der Waals surface area contributed by atoms with Gasteiger partial charge >= 0.3 is 0 Å². The molecule has 1 atom stereocenters. The van der Waals surface area contributed by atoms with E-state index < -0.39 is 6.04 Å². The van der Waals surface area contributed by atoms with Gasteiger partial charge in [0.15, 0.2) is 0 Å². The molecule has 1 heterocycles. The Morgan fingerprint density at radius 1 is 1.29 bits per heavy atom. The van der Waals surface area contributed by atoms with E-state index >= 15 is 0 Å². The summed E-state index contributed by atoms with van der Waals surface area (Å²) in [7, 11) is 0. The number of nitrogens with one attached hydrogen (secondary N) is 1. The molecule has 0 aliphatic heterocycles. The summed E-state index contributed by atoms with van der Waals surface area (Å²) < 4.78 is 1.16. The molecule has 0 bridgehead atoms. The maximum Gasteiger partial charge on any atom is 0.267 e. The van der Waals surface area contributed by atoms with Crippen LogP contribution in [0.3, 0.4) is 0 Å². The van der Waals surface area contributed by atoms with Crippen LogP contribution in [0.4, 0.5) is 5.69 Å². The lowest BCUT2D eigenvalue weighted by atomic mass is 10.2. The van der Waals surface area contributed by atoms with Gasteiger partial charge in [-0.3, -0.25) is 9.59 Å². The SMILES string of the molecule is Cc1ccc(=O)n([C@H](C)C(=O)Nc2c(C)cccc2Cl)n1. The molecule has 0 radical (unpaired) electrons. The number of anilines is 1. The van der Waals surface area contributed by atoms with Crippen molar-refractivity contribution < 1.29 is 4.79 Å². The van der Waals surface area contributed by atoms with Gasteiger partial charge in [0.2, 0.25) is 5.91 Å². The average molecular weight is 306 g/mol.